The van der Waals surface area contributed by atoms with E-state index in [1.807, 2.05) is 26.8 Å². The molecule has 0 saturated carbocycles. The van der Waals surface area contributed by atoms with E-state index in [2.05, 4.69) is 27.6 Å². The van der Waals surface area contributed by atoms with Crippen molar-refractivity contribution in [3.05, 3.63) is 75.0 Å². The second-order valence-electron chi connectivity index (χ2n) is 7.27. The summed E-state index contributed by atoms with van der Waals surface area (Å²) in [7, 11) is 0. The van der Waals surface area contributed by atoms with E-state index in [0.717, 1.165) is 5.56 Å². The Morgan fingerprint density at radius 2 is 1.65 bits per heavy atom. The van der Waals surface area contributed by atoms with Crippen molar-refractivity contribution in [2.75, 3.05) is 0 Å². The summed E-state index contributed by atoms with van der Waals surface area (Å²) in [5, 5.41) is 5.52. The molecule has 2 aromatic carbocycles. The number of hydrazone groups is 1. The third-order valence-electron chi connectivity index (χ3n) is 4.34. The van der Waals surface area contributed by atoms with Gasteiger partial charge >= 0.3 is 0 Å². The van der Waals surface area contributed by atoms with Gasteiger partial charge in [0.25, 0.3) is 0 Å². The molecule has 6 heteroatoms. The molecule has 136 valence electrons. The number of fused-ring (bicyclic) bond motifs is 1. The van der Waals surface area contributed by atoms with Crippen molar-refractivity contribution in [1.29, 1.82) is 0 Å². The number of rotatable bonds is 2. The Kier molecular flexibility index (Phi) is 4.73. The fourth-order valence-corrected chi connectivity index (χ4v) is 3.21. The summed E-state index contributed by atoms with van der Waals surface area (Å²) in [6, 6.07) is 5.70. The van der Waals surface area contributed by atoms with E-state index >= 15 is 0 Å². The standard InChI is InChI=1S/C20H18BrF3N2/c1-11-19-12(5-13(6-18(19)24)20(2,3)4)9-25-26(11)10-15-16(22)7-14(21)8-17(15)23/h5-9H,1,10H2,2-4H3. The molecule has 0 spiro atoms. The predicted octanol–water partition coefficient (Wildman–Crippen LogP) is 5.98. The average molecular weight is 423 g/mol. The van der Waals surface area contributed by atoms with Crippen LogP contribution in [0.5, 0.6) is 0 Å². The molecule has 0 saturated heterocycles. The molecule has 0 aromatic heterocycles. The molecule has 26 heavy (non-hydrogen) atoms. The molecule has 3 rings (SSSR count). The molecule has 0 atom stereocenters. The minimum Gasteiger partial charge on any atom is -0.261 e. The van der Waals surface area contributed by atoms with Crippen molar-refractivity contribution in [2.45, 2.75) is 32.7 Å². The van der Waals surface area contributed by atoms with Crippen LogP contribution in [0.2, 0.25) is 0 Å². The quantitative estimate of drug-likeness (QED) is 0.580. The summed E-state index contributed by atoms with van der Waals surface area (Å²) < 4.78 is 43.2. The van der Waals surface area contributed by atoms with Crippen molar-refractivity contribution >= 4 is 27.8 Å². The van der Waals surface area contributed by atoms with E-state index in [9.17, 15) is 13.2 Å². The largest absolute Gasteiger partial charge is 0.261 e. The molecular formula is C20H18BrF3N2. The van der Waals surface area contributed by atoms with E-state index in [0.29, 0.717) is 15.6 Å². The van der Waals surface area contributed by atoms with Crippen molar-refractivity contribution in [2.24, 2.45) is 5.10 Å². The molecule has 0 unspecified atom stereocenters. The van der Waals surface area contributed by atoms with Gasteiger partial charge in [0.05, 0.1) is 18.5 Å². The molecule has 0 bridgehead atoms. The first-order valence-electron chi connectivity index (χ1n) is 8.06. The lowest BCUT2D eigenvalue weighted by molar-refractivity contribution is 0.389. The molecule has 0 N–H and O–H groups in total. The first-order valence-corrected chi connectivity index (χ1v) is 8.85. The maximum absolute atomic E-state index is 14.7. The van der Waals surface area contributed by atoms with Crippen LogP contribution in [0.25, 0.3) is 5.70 Å². The van der Waals surface area contributed by atoms with Crippen LogP contribution >= 0.6 is 15.9 Å². The number of hydrogen-bond donors (Lipinski definition) is 0. The van der Waals surface area contributed by atoms with Crippen LogP contribution in [-0.4, -0.2) is 11.2 Å². The maximum atomic E-state index is 14.7. The Morgan fingerprint density at radius 1 is 1.04 bits per heavy atom. The van der Waals surface area contributed by atoms with Crippen LogP contribution in [0.1, 0.15) is 43.0 Å². The molecule has 2 nitrogen and oxygen atoms in total. The molecule has 2 aromatic rings. The Morgan fingerprint density at radius 3 is 2.23 bits per heavy atom. The fourth-order valence-electron chi connectivity index (χ4n) is 2.81. The van der Waals surface area contributed by atoms with E-state index in [-0.39, 0.29) is 23.2 Å². The van der Waals surface area contributed by atoms with Gasteiger partial charge in [-0.05, 0) is 35.2 Å². The first-order chi connectivity index (χ1) is 12.1. The van der Waals surface area contributed by atoms with Gasteiger partial charge in [0.2, 0.25) is 0 Å². The van der Waals surface area contributed by atoms with Gasteiger partial charge in [-0.1, -0.05) is 43.3 Å². The van der Waals surface area contributed by atoms with Gasteiger partial charge in [0.1, 0.15) is 17.5 Å². The summed E-state index contributed by atoms with van der Waals surface area (Å²) >= 11 is 3.05. The van der Waals surface area contributed by atoms with Crippen LogP contribution in [0.3, 0.4) is 0 Å². The van der Waals surface area contributed by atoms with E-state index < -0.39 is 17.5 Å². The zero-order valence-electron chi connectivity index (χ0n) is 14.7. The third kappa shape index (κ3) is 3.43. The average Bonchev–Trinajstić information content (AvgIpc) is 2.51. The van der Waals surface area contributed by atoms with Gasteiger partial charge in [-0.3, -0.25) is 5.01 Å². The molecule has 0 aliphatic carbocycles. The molecule has 1 aliphatic rings. The highest BCUT2D eigenvalue weighted by Gasteiger charge is 2.25. The molecular weight excluding hydrogens is 405 g/mol. The highest BCUT2D eigenvalue weighted by Crippen LogP contribution is 2.34. The van der Waals surface area contributed by atoms with Crippen LogP contribution in [0, 0.1) is 17.5 Å². The van der Waals surface area contributed by atoms with Crippen LogP contribution in [0.4, 0.5) is 13.2 Å². The van der Waals surface area contributed by atoms with Crippen LogP contribution < -0.4 is 0 Å². The molecule has 0 fully saturated rings. The fraction of sp³-hybridized carbons (Fsp3) is 0.250. The van der Waals surface area contributed by atoms with Gasteiger partial charge < -0.3 is 0 Å². The zero-order valence-corrected chi connectivity index (χ0v) is 16.3. The van der Waals surface area contributed by atoms with Gasteiger partial charge in [0.15, 0.2) is 0 Å². The maximum Gasteiger partial charge on any atom is 0.133 e. The second kappa shape index (κ2) is 6.58. The Balaban J connectivity index is 1.98. The predicted molar refractivity (Wildman–Crippen MR) is 101 cm³/mol. The van der Waals surface area contributed by atoms with E-state index in [1.54, 1.807) is 0 Å². The van der Waals surface area contributed by atoms with Gasteiger partial charge in [-0.2, -0.15) is 5.10 Å². The lowest BCUT2D eigenvalue weighted by atomic mass is 9.84. The number of benzene rings is 2. The topological polar surface area (TPSA) is 15.6 Å². The highest BCUT2D eigenvalue weighted by atomic mass is 79.9. The minimum absolute atomic E-state index is 0.151. The number of hydrogen-bond acceptors (Lipinski definition) is 2. The monoisotopic (exact) mass is 422 g/mol. The van der Waals surface area contributed by atoms with Crippen molar-refractivity contribution in [3.8, 4) is 0 Å². The minimum atomic E-state index is -0.700. The summed E-state index contributed by atoms with van der Waals surface area (Å²) in [4.78, 5) is 0. The normalized spacial score (nSPS) is 14.0. The van der Waals surface area contributed by atoms with Gasteiger partial charge in [0, 0.05) is 21.2 Å². The second-order valence-corrected chi connectivity index (χ2v) is 8.18. The summed E-state index contributed by atoms with van der Waals surface area (Å²) in [5.74, 6) is -1.83. The number of halogens is 4. The Labute approximate surface area is 159 Å². The molecule has 0 radical (unpaired) electrons. The number of nitrogens with zero attached hydrogens (tertiary/aromatic N) is 2. The van der Waals surface area contributed by atoms with Crippen LogP contribution in [-0.2, 0) is 12.0 Å². The van der Waals surface area contributed by atoms with Crippen molar-refractivity contribution < 1.29 is 13.2 Å². The smallest absolute Gasteiger partial charge is 0.133 e. The van der Waals surface area contributed by atoms with Crippen LogP contribution in [0.15, 0.2) is 40.4 Å². The molecule has 1 heterocycles. The summed E-state index contributed by atoms with van der Waals surface area (Å²) in [5.41, 5.74) is 1.64. The molecule has 1 aliphatic heterocycles. The Bertz CT molecular complexity index is 906. The van der Waals surface area contributed by atoms with Gasteiger partial charge in [-0.15, -0.1) is 0 Å². The highest BCUT2D eigenvalue weighted by molar-refractivity contribution is 9.10. The summed E-state index contributed by atoms with van der Waals surface area (Å²) in [6.45, 7) is 9.68. The van der Waals surface area contributed by atoms with E-state index in [4.69, 9.17) is 0 Å². The van der Waals surface area contributed by atoms with Crippen molar-refractivity contribution in [1.82, 2.24) is 5.01 Å². The zero-order chi connectivity index (χ0) is 19.2. The lowest BCUT2D eigenvalue weighted by Crippen LogP contribution is -2.23. The Hall–Kier alpha value is -2.08. The SMILES string of the molecule is C=C1c2c(F)cc(C(C)(C)C)cc2C=NN1Cc1c(F)cc(Br)cc1F. The molecule has 0 amide bonds. The first kappa shape index (κ1) is 18.7. The summed E-state index contributed by atoms with van der Waals surface area (Å²) in [6.07, 6.45) is 1.50. The third-order valence-corrected chi connectivity index (χ3v) is 4.79. The lowest BCUT2D eigenvalue weighted by Gasteiger charge is -2.29. The van der Waals surface area contributed by atoms with Gasteiger partial charge in [-0.25, -0.2) is 13.2 Å². The van der Waals surface area contributed by atoms with Crippen molar-refractivity contribution in [3.63, 3.8) is 0 Å². The van der Waals surface area contributed by atoms with E-state index in [1.165, 1.54) is 29.4 Å².